The zero-order valence-corrected chi connectivity index (χ0v) is 16.9. The SMILES string of the molecule is CCOc1ccc(C(=O)N[C@H](C(=O)OCC(=O)c2ccc(F)c(F)c2)C(C)C)cc1. The Kier molecular flexibility index (Phi) is 8.03. The van der Waals surface area contributed by atoms with Crippen molar-refractivity contribution in [2.24, 2.45) is 5.92 Å². The van der Waals surface area contributed by atoms with Crippen LogP contribution in [0, 0.1) is 17.6 Å². The highest BCUT2D eigenvalue weighted by molar-refractivity contribution is 5.99. The highest BCUT2D eigenvalue weighted by Gasteiger charge is 2.27. The first-order chi connectivity index (χ1) is 14.2. The zero-order chi connectivity index (χ0) is 22.3. The van der Waals surface area contributed by atoms with Gasteiger partial charge in [-0.2, -0.15) is 0 Å². The minimum absolute atomic E-state index is 0.124. The fourth-order valence-electron chi connectivity index (χ4n) is 2.57. The van der Waals surface area contributed by atoms with Crippen LogP contribution in [0.25, 0.3) is 0 Å². The normalized spacial score (nSPS) is 11.7. The first kappa shape index (κ1) is 23.0. The second kappa shape index (κ2) is 10.5. The molecule has 6 nitrogen and oxygen atoms in total. The molecule has 160 valence electrons. The molecule has 1 atom stereocenters. The number of ketones is 1. The number of halogens is 2. The number of hydrogen-bond donors (Lipinski definition) is 1. The lowest BCUT2D eigenvalue weighted by Gasteiger charge is -2.20. The van der Waals surface area contributed by atoms with Crippen LogP contribution in [0.4, 0.5) is 8.78 Å². The number of amides is 1. The van der Waals surface area contributed by atoms with E-state index in [-0.39, 0.29) is 11.5 Å². The number of Topliss-reactive ketones (excluding diaryl/α,β-unsaturated/α-hetero) is 1. The summed E-state index contributed by atoms with van der Waals surface area (Å²) in [6.07, 6.45) is 0. The Hall–Kier alpha value is -3.29. The van der Waals surface area contributed by atoms with Crippen molar-refractivity contribution in [1.82, 2.24) is 5.32 Å². The lowest BCUT2D eigenvalue weighted by atomic mass is 10.0. The molecule has 2 aromatic rings. The molecule has 0 aliphatic heterocycles. The van der Waals surface area contributed by atoms with Crippen molar-refractivity contribution >= 4 is 17.7 Å². The van der Waals surface area contributed by atoms with Gasteiger partial charge in [-0.25, -0.2) is 13.6 Å². The van der Waals surface area contributed by atoms with Crippen molar-refractivity contribution in [3.63, 3.8) is 0 Å². The van der Waals surface area contributed by atoms with Gasteiger partial charge in [0.1, 0.15) is 11.8 Å². The van der Waals surface area contributed by atoms with E-state index in [1.165, 1.54) is 0 Å². The summed E-state index contributed by atoms with van der Waals surface area (Å²) >= 11 is 0. The Labute approximate surface area is 173 Å². The van der Waals surface area contributed by atoms with Crippen LogP contribution >= 0.6 is 0 Å². The van der Waals surface area contributed by atoms with Gasteiger partial charge in [0.15, 0.2) is 24.0 Å². The van der Waals surface area contributed by atoms with E-state index in [4.69, 9.17) is 9.47 Å². The second-order valence-corrected chi connectivity index (χ2v) is 6.81. The number of hydrogen-bond acceptors (Lipinski definition) is 5. The van der Waals surface area contributed by atoms with Crippen molar-refractivity contribution in [3.8, 4) is 5.75 Å². The molecule has 0 bridgehead atoms. The predicted molar refractivity (Wildman–Crippen MR) is 105 cm³/mol. The average molecular weight is 419 g/mol. The third-order valence-electron chi connectivity index (χ3n) is 4.22. The van der Waals surface area contributed by atoms with Crippen molar-refractivity contribution in [1.29, 1.82) is 0 Å². The van der Waals surface area contributed by atoms with E-state index < -0.39 is 41.9 Å². The highest BCUT2D eigenvalue weighted by Crippen LogP contribution is 2.14. The van der Waals surface area contributed by atoms with E-state index in [0.29, 0.717) is 17.9 Å². The lowest BCUT2D eigenvalue weighted by molar-refractivity contribution is -0.145. The largest absolute Gasteiger partial charge is 0.494 e. The number of benzene rings is 2. The van der Waals surface area contributed by atoms with Crippen LogP contribution in [0.15, 0.2) is 42.5 Å². The molecule has 0 heterocycles. The molecule has 0 fully saturated rings. The summed E-state index contributed by atoms with van der Waals surface area (Å²) in [5.41, 5.74) is 0.205. The molecule has 0 radical (unpaired) electrons. The maximum absolute atomic E-state index is 13.3. The van der Waals surface area contributed by atoms with E-state index in [1.807, 2.05) is 6.92 Å². The molecule has 1 N–H and O–H groups in total. The van der Waals surface area contributed by atoms with Crippen LogP contribution in [-0.2, 0) is 9.53 Å². The summed E-state index contributed by atoms with van der Waals surface area (Å²) in [5.74, 6) is -3.94. The molecule has 0 spiro atoms. The second-order valence-electron chi connectivity index (χ2n) is 6.81. The van der Waals surface area contributed by atoms with Gasteiger partial charge in [0.2, 0.25) is 0 Å². The molecule has 8 heteroatoms. The van der Waals surface area contributed by atoms with Gasteiger partial charge in [0, 0.05) is 11.1 Å². The maximum Gasteiger partial charge on any atom is 0.329 e. The van der Waals surface area contributed by atoms with E-state index in [2.05, 4.69) is 5.32 Å². The van der Waals surface area contributed by atoms with Crippen LogP contribution in [0.5, 0.6) is 5.75 Å². The number of esters is 1. The van der Waals surface area contributed by atoms with Crippen molar-refractivity contribution in [3.05, 3.63) is 65.2 Å². The van der Waals surface area contributed by atoms with Gasteiger partial charge >= 0.3 is 5.97 Å². The molecule has 0 unspecified atom stereocenters. The van der Waals surface area contributed by atoms with Gasteiger partial charge in [-0.1, -0.05) is 13.8 Å². The Bertz CT molecular complexity index is 912. The van der Waals surface area contributed by atoms with E-state index >= 15 is 0 Å². The summed E-state index contributed by atoms with van der Waals surface area (Å²) < 4.78 is 36.5. The smallest absolute Gasteiger partial charge is 0.329 e. The van der Waals surface area contributed by atoms with Gasteiger partial charge in [0.25, 0.3) is 5.91 Å². The number of ether oxygens (including phenoxy) is 2. The molecule has 0 aliphatic rings. The Balaban J connectivity index is 1.99. The lowest BCUT2D eigenvalue weighted by Crippen LogP contribution is -2.45. The average Bonchev–Trinajstić information content (AvgIpc) is 2.72. The van der Waals surface area contributed by atoms with E-state index in [1.54, 1.807) is 38.1 Å². The zero-order valence-electron chi connectivity index (χ0n) is 16.9. The minimum atomic E-state index is -1.17. The Morgan fingerprint density at radius 1 is 0.967 bits per heavy atom. The van der Waals surface area contributed by atoms with Gasteiger partial charge < -0.3 is 14.8 Å². The standard InChI is InChI=1S/C22H23F2NO5/c1-4-29-16-8-5-14(6-9-16)21(27)25-20(13(2)3)22(28)30-12-19(26)15-7-10-17(23)18(24)11-15/h5-11,13,20H,4,12H2,1-3H3,(H,25,27)/t20-/m0/s1. The highest BCUT2D eigenvalue weighted by atomic mass is 19.2. The minimum Gasteiger partial charge on any atom is -0.494 e. The van der Waals surface area contributed by atoms with E-state index in [0.717, 1.165) is 18.2 Å². The van der Waals surface area contributed by atoms with Gasteiger partial charge in [-0.05, 0) is 55.3 Å². The van der Waals surface area contributed by atoms with Crippen molar-refractivity contribution in [2.75, 3.05) is 13.2 Å². The summed E-state index contributed by atoms with van der Waals surface area (Å²) in [4.78, 5) is 36.9. The van der Waals surface area contributed by atoms with Crippen LogP contribution < -0.4 is 10.1 Å². The third-order valence-corrected chi connectivity index (χ3v) is 4.22. The van der Waals surface area contributed by atoms with Gasteiger partial charge in [0.05, 0.1) is 6.61 Å². The molecular formula is C22H23F2NO5. The molecular weight excluding hydrogens is 396 g/mol. The molecule has 30 heavy (non-hydrogen) atoms. The monoisotopic (exact) mass is 419 g/mol. The van der Waals surface area contributed by atoms with Crippen molar-refractivity contribution < 1.29 is 32.6 Å². The molecule has 0 saturated heterocycles. The van der Waals surface area contributed by atoms with Crippen LogP contribution in [0.1, 0.15) is 41.5 Å². The molecule has 0 saturated carbocycles. The summed E-state index contributed by atoms with van der Waals surface area (Å²) in [6, 6.07) is 8.07. The first-order valence-corrected chi connectivity index (χ1v) is 9.41. The van der Waals surface area contributed by atoms with Crippen LogP contribution in [0.2, 0.25) is 0 Å². The quantitative estimate of drug-likeness (QED) is 0.497. The number of nitrogens with one attached hydrogen (secondary N) is 1. The van der Waals surface area contributed by atoms with Crippen LogP contribution in [0.3, 0.4) is 0 Å². The van der Waals surface area contributed by atoms with Gasteiger partial charge in [-0.15, -0.1) is 0 Å². The van der Waals surface area contributed by atoms with E-state index in [9.17, 15) is 23.2 Å². The van der Waals surface area contributed by atoms with Crippen molar-refractivity contribution in [2.45, 2.75) is 26.8 Å². The fraction of sp³-hybridized carbons (Fsp3) is 0.318. The summed E-state index contributed by atoms with van der Waals surface area (Å²) in [6.45, 7) is 5.10. The molecule has 0 aromatic heterocycles. The van der Waals surface area contributed by atoms with Crippen LogP contribution in [-0.4, -0.2) is 36.9 Å². The Morgan fingerprint density at radius 3 is 2.17 bits per heavy atom. The fourth-order valence-corrected chi connectivity index (χ4v) is 2.57. The maximum atomic E-state index is 13.3. The molecule has 2 rings (SSSR count). The third kappa shape index (κ3) is 6.10. The topological polar surface area (TPSA) is 81.7 Å². The molecule has 2 aromatic carbocycles. The van der Waals surface area contributed by atoms with Gasteiger partial charge in [-0.3, -0.25) is 9.59 Å². The molecule has 0 aliphatic carbocycles. The predicted octanol–water partition coefficient (Wildman–Crippen LogP) is 3.54. The molecule has 1 amide bonds. The number of carbonyl (C=O) groups is 3. The number of rotatable bonds is 9. The first-order valence-electron chi connectivity index (χ1n) is 9.41. The number of carbonyl (C=O) groups excluding carboxylic acids is 3. The summed E-state index contributed by atoms with van der Waals surface area (Å²) in [5, 5.41) is 2.59. The Morgan fingerprint density at radius 2 is 1.60 bits per heavy atom. The summed E-state index contributed by atoms with van der Waals surface area (Å²) in [7, 11) is 0.